The molecular weight excluding hydrogens is 348 g/mol. The Bertz CT molecular complexity index is 969. The molecule has 8 nitrogen and oxygen atoms in total. The molecule has 1 atom stereocenters. The first-order valence-electron chi connectivity index (χ1n) is 8.52. The molecule has 8 heteroatoms. The van der Waals surface area contributed by atoms with E-state index >= 15 is 0 Å². The lowest BCUT2D eigenvalue weighted by atomic mass is 10.00. The second-order valence-electron chi connectivity index (χ2n) is 6.39. The molecule has 3 aromatic rings. The third-order valence-electron chi connectivity index (χ3n) is 4.79. The lowest BCUT2D eigenvalue weighted by Crippen LogP contribution is -2.28. The smallest absolute Gasteiger partial charge is 0.269 e. The quantitative estimate of drug-likeness (QED) is 0.520. The minimum absolute atomic E-state index is 0.0223. The van der Waals surface area contributed by atoms with Crippen molar-refractivity contribution in [2.45, 2.75) is 12.3 Å². The standard InChI is InChI=1S/C19H16N4O4/c24-19(22-10-7-15(12-22)13-5-8-20-9-6-13)17-11-21-27-18(17)14-1-3-16(4-2-14)23(25)26/h1-6,8-9,11,15H,7,10,12H2. The van der Waals surface area contributed by atoms with Crippen molar-refractivity contribution in [1.82, 2.24) is 15.0 Å². The van der Waals surface area contributed by atoms with E-state index in [1.807, 2.05) is 12.1 Å². The van der Waals surface area contributed by atoms with Crippen molar-refractivity contribution in [2.24, 2.45) is 0 Å². The van der Waals surface area contributed by atoms with Crippen LogP contribution in [-0.4, -0.2) is 39.0 Å². The molecule has 0 bridgehead atoms. The zero-order valence-corrected chi connectivity index (χ0v) is 14.3. The number of aromatic nitrogens is 2. The molecule has 3 heterocycles. The highest BCUT2D eigenvalue weighted by Crippen LogP contribution is 2.31. The Balaban J connectivity index is 1.54. The molecule has 1 aliphatic heterocycles. The van der Waals surface area contributed by atoms with Crippen LogP contribution in [0, 0.1) is 10.1 Å². The van der Waals surface area contributed by atoms with Crippen molar-refractivity contribution in [1.29, 1.82) is 0 Å². The van der Waals surface area contributed by atoms with Gasteiger partial charge in [0.1, 0.15) is 5.56 Å². The van der Waals surface area contributed by atoms with Crippen molar-refractivity contribution >= 4 is 11.6 Å². The summed E-state index contributed by atoms with van der Waals surface area (Å²) >= 11 is 0. The van der Waals surface area contributed by atoms with Gasteiger partial charge in [-0.1, -0.05) is 5.16 Å². The first kappa shape index (κ1) is 16.9. The predicted molar refractivity (Wildman–Crippen MR) is 96.1 cm³/mol. The molecule has 0 spiro atoms. The van der Waals surface area contributed by atoms with Gasteiger partial charge in [0.2, 0.25) is 0 Å². The zero-order valence-electron chi connectivity index (χ0n) is 14.3. The van der Waals surface area contributed by atoms with E-state index in [0.29, 0.717) is 30.0 Å². The summed E-state index contributed by atoms with van der Waals surface area (Å²) in [5.74, 6) is 0.447. The molecule has 1 saturated heterocycles. The van der Waals surface area contributed by atoms with Gasteiger partial charge in [0.05, 0.1) is 11.1 Å². The van der Waals surface area contributed by atoms with Crippen LogP contribution in [0.1, 0.15) is 28.3 Å². The number of amides is 1. The summed E-state index contributed by atoms with van der Waals surface area (Å²) in [5, 5.41) is 14.6. The number of pyridine rings is 1. The van der Waals surface area contributed by atoms with Gasteiger partial charge in [-0.05, 0) is 36.2 Å². The highest BCUT2D eigenvalue weighted by Gasteiger charge is 2.30. The van der Waals surface area contributed by atoms with Crippen molar-refractivity contribution < 1.29 is 14.2 Å². The number of hydrogen-bond donors (Lipinski definition) is 0. The van der Waals surface area contributed by atoms with E-state index in [1.54, 1.807) is 29.4 Å². The Hall–Kier alpha value is -3.55. The maximum Gasteiger partial charge on any atom is 0.269 e. The zero-order chi connectivity index (χ0) is 18.8. The molecule has 27 heavy (non-hydrogen) atoms. The molecule has 0 N–H and O–H groups in total. The molecule has 136 valence electrons. The van der Waals surface area contributed by atoms with E-state index < -0.39 is 4.92 Å². The Kier molecular flexibility index (Phi) is 4.37. The first-order valence-corrected chi connectivity index (χ1v) is 8.52. The van der Waals surface area contributed by atoms with E-state index in [-0.39, 0.29) is 17.5 Å². The summed E-state index contributed by atoms with van der Waals surface area (Å²) < 4.78 is 5.27. The SMILES string of the molecule is O=C(c1cnoc1-c1ccc([N+](=O)[O-])cc1)N1CCC(c2ccncc2)C1. The number of benzene rings is 1. The minimum atomic E-state index is -0.473. The molecule has 1 amide bonds. The fourth-order valence-electron chi connectivity index (χ4n) is 3.36. The molecule has 0 radical (unpaired) electrons. The summed E-state index contributed by atoms with van der Waals surface area (Å²) in [6, 6.07) is 9.81. The van der Waals surface area contributed by atoms with E-state index in [4.69, 9.17) is 4.52 Å². The van der Waals surface area contributed by atoms with E-state index in [1.165, 1.54) is 23.9 Å². The average Bonchev–Trinajstić information content (AvgIpc) is 3.38. The van der Waals surface area contributed by atoms with Gasteiger partial charge in [0.25, 0.3) is 11.6 Å². The molecule has 1 fully saturated rings. The monoisotopic (exact) mass is 364 g/mol. The Morgan fingerprint density at radius 1 is 1.19 bits per heavy atom. The van der Waals surface area contributed by atoms with Gasteiger partial charge >= 0.3 is 0 Å². The van der Waals surface area contributed by atoms with Crippen molar-refractivity contribution in [2.75, 3.05) is 13.1 Å². The van der Waals surface area contributed by atoms with Crippen molar-refractivity contribution in [3.63, 3.8) is 0 Å². The van der Waals surface area contributed by atoms with Gasteiger partial charge in [0.15, 0.2) is 5.76 Å². The second kappa shape index (κ2) is 6.99. The van der Waals surface area contributed by atoms with Gasteiger partial charge in [-0.3, -0.25) is 19.9 Å². The van der Waals surface area contributed by atoms with Gasteiger partial charge in [-0.25, -0.2) is 0 Å². The summed E-state index contributed by atoms with van der Waals surface area (Å²) in [6.45, 7) is 1.27. The minimum Gasteiger partial charge on any atom is -0.355 e. The van der Waals surface area contributed by atoms with Crippen LogP contribution < -0.4 is 0 Å². The predicted octanol–water partition coefficient (Wildman–Crippen LogP) is 3.27. The second-order valence-corrected chi connectivity index (χ2v) is 6.39. The Morgan fingerprint density at radius 3 is 2.63 bits per heavy atom. The third-order valence-corrected chi connectivity index (χ3v) is 4.79. The first-order chi connectivity index (χ1) is 13.1. The fourth-order valence-corrected chi connectivity index (χ4v) is 3.36. The molecule has 1 unspecified atom stereocenters. The molecule has 4 rings (SSSR count). The number of hydrogen-bond acceptors (Lipinski definition) is 6. The maximum atomic E-state index is 13.0. The molecule has 2 aromatic heterocycles. The highest BCUT2D eigenvalue weighted by molar-refractivity contribution is 5.99. The normalized spacial score (nSPS) is 16.4. The number of likely N-dealkylation sites (tertiary alicyclic amines) is 1. The van der Waals surface area contributed by atoms with E-state index in [0.717, 1.165) is 6.42 Å². The Labute approximate surface area is 154 Å². The van der Waals surface area contributed by atoms with Gasteiger partial charge in [-0.15, -0.1) is 0 Å². The van der Waals surface area contributed by atoms with Crippen molar-refractivity contribution in [3.05, 3.63) is 76.2 Å². The van der Waals surface area contributed by atoms with Crippen LogP contribution in [0.15, 0.2) is 59.5 Å². The van der Waals surface area contributed by atoms with Crippen LogP contribution in [0.4, 0.5) is 5.69 Å². The molecular formula is C19H16N4O4. The third kappa shape index (κ3) is 3.29. The number of nitrogens with zero attached hydrogens (tertiary/aromatic N) is 4. The molecule has 1 aliphatic rings. The largest absolute Gasteiger partial charge is 0.355 e. The van der Waals surface area contributed by atoms with Crippen LogP contribution >= 0.6 is 0 Å². The van der Waals surface area contributed by atoms with Crippen LogP contribution in [-0.2, 0) is 0 Å². The average molecular weight is 364 g/mol. The van der Waals surface area contributed by atoms with Gasteiger partial charge in [0, 0.05) is 49.1 Å². The summed E-state index contributed by atoms with van der Waals surface area (Å²) in [4.78, 5) is 29.1. The number of rotatable bonds is 4. The number of nitro groups is 1. The van der Waals surface area contributed by atoms with Crippen LogP contribution in [0.25, 0.3) is 11.3 Å². The van der Waals surface area contributed by atoms with Crippen molar-refractivity contribution in [3.8, 4) is 11.3 Å². The van der Waals surface area contributed by atoms with Crippen LogP contribution in [0.3, 0.4) is 0 Å². The number of nitro benzene ring substituents is 1. The lowest BCUT2D eigenvalue weighted by Gasteiger charge is -2.16. The van der Waals surface area contributed by atoms with Crippen LogP contribution in [0.2, 0.25) is 0 Å². The molecule has 0 saturated carbocycles. The van der Waals surface area contributed by atoms with Gasteiger partial charge in [-0.2, -0.15) is 0 Å². The Morgan fingerprint density at radius 2 is 1.93 bits per heavy atom. The summed E-state index contributed by atoms with van der Waals surface area (Å²) in [5.41, 5.74) is 2.08. The molecule has 0 aliphatic carbocycles. The highest BCUT2D eigenvalue weighted by atomic mass is 16.6. The number of carbonyl (C=O) groups is 1. The summed E-state index contributed by atoms with van der Waals surface area (Å²) in [7, 11) is 0. The molecule has 1 aromatic carbocycles. The topological polar surface area (TPSA) is 102 Å². The van der Waals surface area contributed by atoms with Crippen LogP contribution in [0.5, 0.6) is 0 Å². The lowest BCUT2D eigenvalue weighted by molar-refractivity contribution is -0.384. The number of non-ortho nitro benzene ring substituents is 1. The van der Waals surface area contributed by atoms with E-state index in [2.05, 4.69) is 10.1 Å². The van der Waals surface area contributed by atoms with Gasteiger partial charge < -0.3 is 9.42 Å². The summed E-state index contributed by atoms with van der Waals surface area (Å²) in [6.07, 6.45) is 5.80. The maximum absolute atomic E-state index is 13.0. The number of carbonyl (C=O) groups excluding carboxylic acids is 1. The fraction of sp³-hybridized carbons (Fsp3) is 0.211. The van der Waals surface area contributed by atoms with E-state index in [9.17, 15) is 14.9 Å².